The fourth-order valence-corrected chi connectivity index (χ4v) is 1.49. The summed E-state index contributed by atoms with van der Waals surface area (Å²) in [5.41, 5.74) is 0.736. The van der Waals surface area contributed by atoms with Gasteiger partial charge < -0.3 is 4.74 Å². The van der Waals surface area contributed by atoms with Gasteiger partial charge in [-0.25, -0.2) is 4.39 Å². The van der Waals surface area contributed by atoms with Gasteiger partial charge in [-0.15, -0.1) is 0 Å². The van der Waals surface area contributed by atoms with Gasteiger partial charge in [0.25, 0.3) is 0 Å². The molecule has 0 aliphatic rings. The lowest BCUT2D eigenvalue weighted by Crippen LogP contribution is -2.26. The Bertz CT molecular complexity index is 398. The molecule has 0 amide bonds. The number of rotatable bonds is 5. The fourth-order valence-electron chi connectivity index (χ4n) is 1.49. The Morgan fingerprint density at radius 3 is 2.35 bits per heavy atom. The average Bonchev–Trinajstić information content (AvgIpc) is 2.28. The maximum Gasteiger partial charge on any atom is 0.316 e. The molecule has 0 aromatic heterocycles. The normalized spacial score (nSPS) is 11.9. The Hall–Kier alpha value is -1.71. The van der Waals surface area contributed by atoms with Crippen molar-refractivity contribution in [1.82, 2.24) is 0 Å². The predicted octanol–water partition coefficient (Wildman–Crippen LogP) is 2.14. The molecule has 1 aromatic carbocycles. The molecular weight excluding hydrogens is 223 g/mol. The first-order valence-electron chi connectivity index (χ1n) is 5.46. The van der Waals surface area contributed by atoms with Crippen molar-refractivity contribution in [3.8, 4) is 0 Å². The second-order valence-electron chi connectivity index (χ2n) is 3.75. The van der Waals surface area contributed by atoms with Crippen LogP contribution >= 0.6 is 0 Å². The Morgan fingerprint density at radius 2 is 1.88 bits per heavy atom. The zero-order valence-corrected chi connectivity index (χ0v) is 9.90. The second kappa shape index (κ2) is 6.13. The molecular formula is C13H15FO3. The van der Waals surface area contributed by atoms with Crippen LogP contribution in [-0.2, 0) is 20.7 Å². The highest BCUT2D eigenvalue weighted by molar-refractivity contribution is 5.97. The zero-order chi connectivity index (χ0) is 12.8. The van der Waals surface area contributed by atoms with Gasteiger partial charge >= 0.3 is 5.97 Å². The van der Waals surface area contributed by atoms with Crippen molar-refractivity contribution in [2.45, 2.75) is 20.3 Å². The molecule has 0 aliphatic carbocycles. The maximum atomic E-state index is 12.7. The smallest absolute Gasteiger partial charge is 0.316 e. The van der Waals surface area contributed by atoms with Crippen LogP contribution in [-0.4, -0.2) is 18.4 Å². The molecule has 0 radical (unpaired) electrons. The van der Waals surface area contributed by atoms with Crippen LogP contribution in [0, 0.1) is 11.7 Å². The van der Waals surface area contributed by atoms with Crippen molar-refractivity contribution in [3.63, 3.8) is 0 Å². The largest absolute Gasteiger partial charge is 0.465 e. The van der Waals surface area contributed by atoms with Crippen LogP contribution in [0.15, 0.2) is 24.3 Å². The minimum atomic E-state index is -0.805. The van der Waals surface area contributed by atoms with E-state index in [1.807, 2.05) is 0 Å². The first-order valence-corrected chi connectivity index (χ1v) is 5.46. The predicted molar refractivity (Wildman–Crippen MR) is 60.9 cm³/mol. The minimum absolute atomic E-state index is 0.242. The summed E-state index contributed by atoms with van der Waals surface area (Å²) < 4.78 is 17.5. The molecule has 0 N–H and O–H groups in total. The van der Waals surface area contributed by atoms with Crippen molar-refractivity contribution in [1.29, 1.82) is 0 Å². The first-order chi connectivity index (χ1) is 8.04. The van der Waals surface area contributed by atoms with E-state index in [9.17, 15) is 14.0 Å². The van der Waals surface area contributed by atoms with Crippen LogP contribution in [0.4, 0.5) is 4.39 Å². The van der Waals surface area contributed by atoms with E-state index in [2.05, 4.69) is 0 Å². The lowest BCUT2D eigenvalue weighted by molar-refractivity contribution is -0.151. The summed E-state index contributed by atoms with van der Waals surface area (Å²) in [5, 5.41) is 0. The van der Waals surface area contributed by atoms with E-state index in [0.717, 1.165) is 5.56 Å². The number of carbonyl (C=O) groups is 2. The quantitative estimate of drug-likeness (QED) is 0.583. The zero-order valence-electron chi connectivity index (χ0n) is 9.90. The van der Waals surface area contributed by atoms with Gasteiger partial charge in [0, 0.05) is 0 Å². The van der Waals surface area contributed by atoms with Crippen LogP contribution in [0.25, 0.3) is 0 Å². The van der Waals surface area contributed by atoms with Crippen LogP contribution < -0.4 is 0 Å². The molecule has 1 rings (SSSR count). The average molecular weight is 238 g/mol. The lowest BCUT2D eigenvalue weighted by Gasteiger charge is -2.12. The number of hydrogen-bond acceptors (Lipinski definition) is 3. The standard InChI is InChI=1S/C13H15FO3/c1-3-17-13(16)12(9(2)15)8-10-4-6-11(14)7-5-10/h4-7,12H,3,8H2,1-2H3/t12-/m0/s1. The van der Waals surface area contributed by atoms with Gasteiger partial charge in [0.15, 0.2) is 0 Å². The van der Waals surface area contributed by atoms with Gasteiger partial charge in [-0.1, -0.05) is 12.1 Å². The summed E-state index contributed by atoms with van der Waals surface area (Å²) in [4.78, 5) is 22.9. The summed E-state index contributed by atoms with van der Waals surface area (Å²) >= 11 is 0. The molecule has 1 atom stereocenters. The maximum absolute atomic E-state index is 12.7. The number of benzene rings is 1. The van der Waals surface area contributed by atoms with Crippen molar-refractivity contribution in [2.24, 2.45) is 5.92 Å². The monoisotopic (exact) mass is 238 g/mol. The third-order valence-electron chi connectivity index (χ3n) is 2.41. The van der Waals surface area contributed by atoms with E-state index < -0.39 is 11.9 Å². The highest BCUT2D eigenvalue weighted by Crippen LogP contribution is 2.12. The van der Waals surface area contributed by atoms with Crippen molar-refractivity contribution >= 4 is 11.8 Å². The molecule has 92 valence electrons. The van der Waals surface area contributed by atoms with Crippen LogP contribution in [0.3, 0.4) is 0 Å². The first kappa shape index (κ1) is 13.4. The Kier molecular flexibility index (Phi) is 4.82. The van der Waals surface area contributed by atoms with E-state index >= 15 is 0 Å². The molecule has 0 heterocycles. The van der Waals surface area contributed by atoms with E-state index in [-0.39, 0.29) is 24.6 Å². The summed E-state index contributed by atoms with van der Waals surface area (Å²) in [6, 6.07) is 5.73. The topological polar surface area (TPSA) is 43.4 Å². The fraction of sp³-hybridized carbons (Fsp3) is 0.385. The summed E-state index contributed by atoms with van der Waals surface area (Å²) in [7, 11) is 0. The summed E-state index contributed by atoms with van der Waals surface area (Å²) in [6.07, 6.45) is 0.244. The van der Waals surface area contributed by atoms with E-state index in [0.29, 0.717) is 0 Å². The van der Waals surface area contributed by atoms with Gasteiger partial charge in [0.1, 0.15) is 17.5 Å². The van der Waals surface area contributed by atoms with Crippen molar-refractivity contribution in [3.05, 3.63) is 35.6 Å². The molecule has 0 spiro atoms. The number of esters is 1. The SMILES string of the molecule is CCOC(=O)[C@@H](Cc1ccc(F)cc1)C(C)=O. The van der Waals surface area contributed by atoms with Crippen LogP contribution in [0.2, 0.25) is 0 Å². The van der Waals surface area contributed by atoms with Gasteiger partial charge in [0.2, 0.25) is 0 Å². The lowest BCUT2D eigenvalue weighted by atomic mass is 9.96. The van der Waals surface area contributed by atoms with Crippen LogP contribution in [0.1, 0.15) is 19.4 Å². The Labute approximate surface area is 99.6 Å². The molecule has 0 unspecified atom stereocenters. The third kappa shape index (κ3) is 3.98. The minimum Gasteiger partial charge on any atom is -0.465 e. The van der Waals surface area contributed by atoms with Crippen LogP contribution in [0.5, 0.6) is 0 Å². The van der Waals surface area contributed by atoms with E-state index in [4.69, 9.17) is 4.74 Å². The highest BCUT2D eigenvalue weighted by Gasteiger charge is 2.24. The molecule has 0 saturated heterocycles. The Morgan fingerprint density at radius 1 is 1.29 bits per heavy atom. The highest BCUT2D eigenvalue weighted by atomic mass is 19.1. The van der Waals surface area contributed by atoms with Gasteiger partial charge in [-0.05, 0) is 38.0 Å². The van der Waals surface area contributed by atoms with Gasteiger partial charge in [0.05, 0.1) is 6.61 Å². The molecule has 0 fully saturated rings. The number of ether oxygens (including phenoxy) is 1. The van der Waals surface area contributed by atoms with E-state index in [1.165, 1.54) is 19.1 Å². The Balaban J connectivity index is 2.76. The number of ketones is 1. The van der Waals surface area contributed by atoms with E-state index in [1.54, 1.807) is 19.1 Å². The second-order valence-corrected chi connectivity index (χ2v) is 3.75. The number of carbonyl (C=O) groups excluding carboxylic acids is 2. The number of Topliss-reactive ketones (excluding diaryl/α,β-unsaturated/α-hetero) is 1. The van der Waals surface area contributed by atoms with Crippen molar-refractivity contribution in [2.75, 3.05) is 6.61 Å². The third-order valence-corrected chi connectivity index (χ3v) is 2.41. The molecule has 17 heavy (non-hydrogen) atoms. The molecule has 3 nitrogen and oxygen atoms in total. The van der Waals surface area contributed by atoms with Gasteiger partial charge in [-0.3, -0.25) is 9.59 Å². The molecule has 0 saturated carbocycles. The molecule has 4 heteroatoms. The molecule has 0 bridgehead atoms. The van der Waals surface area contributed by atoms with Crippen molar-refractivity contribution < 1.29 is 18.7 Å². The van der Waals surface area contributed by atoms with Gasteiger partial charge in [-0.2, -0.15) is 0 Å². The number of halogens is 1. The molecule has 1 aromatic rings. The summed E-state index contributed by atoms with van der Waals surface area (Å²) in [5.74, 6) is -1.92. The molecule has 0 aliphatic heterocycles. The number of hydrogen-bond donors (Lipinski definition) is 0. The summed E-state index contributed by atoms with van der Waals surface area (Å²) in [6.45, 7) is 3.28.